The standard InChI is InChI=1S/C19H15F2NO2/c20-16-5-3-4-13(19(16)21)12-23-14-8-10-15(11-9-14)24-18-7-2-1-6-17(18)22/h1-11H,12,22H2. The van der Waals surface area contributed by atoms with Crippen LogP contribution in [-0.2, 0) is 6.61 Å². The van der Waals surface area contributed by atoms with Crippen LogP contribution in [0.2, 0.25) is 0 Å². The van der Waals surface area contributed by atoms with Crippen LogP contribution in [-0.4, -0.2) is 0 Å². The predicted octanol–water partition coefficient (Wildman–Crippen LogP) is 4.92. The van der Waals surface area contributed by atoms with E-state index in [0.717, 1.165) is 6.07 Å². The van der Waals surface area contributed by atoms with Gasteiger partial charge in [-0.25, -0.2) is 8.78 Å². The number of benzene rings is 3. The summed E-state index contributed by atoms with van der Waals surface area (Å²) in [6.07, 6.45) is 0. The summed E-state index contributed by atoms with van der Waals surface area (Å²) >= 11 is 0. The summed E-state index contributed by atoms with van der Waals surface area (Å²) in [5.41, 5.74) is 6.52. The lowest BCUT2D eigenvalue weighted by molar-refractivity contribution is 0.297. The highest BCUT2D eigenvalue weighted by Crippen LogP contribution is 2.28. The van der Waals surface area contributed by atoms with Crippen LogP contribution in [0, 0.1) is 11.6 Å². The van der Waals surface area contributed by atoms with Crippen molar-refractivity contribution in [1.29, 1.82) is 0 Å². The van der Waals surface area contributed by atoms with E-state index in [4.69, 9.17) is 15.2 Å². The molecule has 0 atom stereocenters. The van der Waals surface area contributed by atoms with Gasteiger partial charge in [0.25, 0.3) is 0 Å². The van der Waals surface area contributed by atoms with Crippen molar-refractivity contribution in [3.63, 3.8) is 0 Å². The molecule has 0 saturated heterocycles. The van der Waals surface area contributed by atoms with Crippen molar-refractivity contribution in [2.24, 2.45) is 0 Å². The molecule has 0 unspecified atom stereocenters. The van der Waals surface area contributed by atoms with Gasteiger partial charge in [0.05, 0.1) is 5.69 Å². The Morgan fingerprint density at radius 3 is 2.25 bits per heavy atom. The van der Waals surface area contributed by atoms with Crippen LogP contribution in [0.1, 0.15) is 5.56 Å². The number of anilines is 1. The molecule has 0 heterocycles. The molecule has 0 saturated carbocycles. The molecular weight excluding hydrogens is 312 g/mol. The van der Waals surface area contributed by atoms with E-state index in [-0.39, 0.29) is 12.2 Å². The fraction of sp³-hybridized carbons (Fsp3) is 0.0526. The van der Waals surface area contributed by atoms with Gasteiger partial charge in [-0.2, -0.15) is 0 Å². The van der Waals surface area contributed by atoms with E-state index in [0.29, 0.717) is 22.9 Å². The topological polar surface area (TPSA) is 44.5 Å². The zero-order valence-electron chi connectivity index (χ0n) is 12.7. The first kappa shape index (κ1) is 15.8. The Kier molecular flexibility index (Phi) is 4.61. The van der Waals surface area contributed by atoms with Gasteiger partial charge in [0.15, 0.2) is 11.6 Å². The molecule has 0 aliphatic carbocycles. The quantitative estimate of drug-likeness (QED) is 0.677. The molecule has 122 valence electrons. The molecule has 0 aliphatic rings. The second kappa shape index (κ2) is 7.00. The van der Waals surface area contributed by atoms with E-state index >= 15 is 0 Å². The van der Waals surface area contributed by atoms with Crippen LogP contribution in [0.5, 0.6) is 17.2 Å². The largest absolute Gasteiger partial charge is 0.489 e. The highest BCUT2D eigenvalue weighted by molar-refractivity contribution is 5.53. The summed E-state index contributed by atoms with van der Waals surface area (Å²) in [5.74, 6) is -0.102. The lowest BCUT2D eigenvalue weighted by Gasteiger charge is -2.10. The molecule has 24 heavy (non-hydrogen) atoms. The molecule has 3 nitrogen and oxygen atoms in total. The maximum absolute atomic E-state index is 13.6. The minimum atomic E-state index is -0.892. The first-order valence-corrected chi connectivity index (χ1v) is 7.31. The normalized spacial score (nSPS) is 10.4. The first-order valence-electron chi connectivity index (χ1n) is 7.31. The zero-order chi connectivity index (χ0) is 16.9. The average molecular weight is 327 g/mol. The monoisotopic (exact) mass is 327 g/mol. The number of ether oxygens (including phenoxy) is 2. The maximum Gasteiger partial charge on any atom is 0.165 e. The van der Waals surface area contributed by atoms with E-state index in [1.807, 2.05) is 12.1 Å². The smallest absolute Gasteiger partial charge is 0.165 e. The maximum atomic E-state index is 13.6. The molecule has 0 radical (unpaired) electrons. The van der Waals surface area contributed by atoms with E-state index in [2.05, 4.69) is 0 Å². The molecule has 0 fully saturated rings. The van der Waals surface area contributed by atoms with Crippen molar-refractivity contribution in [2.45, 2.75) is 6.61 Å². The number of nitrogens with two attached hydrogens (primary N) is 1. The van der Waals surface area contributed by atoms with Gasteiger partial charge in [-0.1, -0.05) is 24.3 Å². The molecule has 0 bridgehead atoms. The fourth-order valence-electron chi connectivity index (χ4n) is 2.13. The van der Waals surface area contributed by atoms with Crippen LogP contribution in [0.15, 0.2) is 66.7 Å². The third-order valence-electron chi connectivity index (χ3n) is 3.40. The number of para-hydroxylation sites is 2. The van der Waals surface area contributed by atoms with Crippen molar-refractivity contribution in [1.82, 2.24) is 0 Å². The van der Waals surface area contributed by atoms with Gasteiger partial charge >= 0.3 is 0 Å². The highest BCUT2D eigenvalue weighted by atomic mass is 19.2. The highest BCUT2D eigenvalue weighted by Gasteiger charge is 2.08. The van der Waals surface area contributed by atoms with E-state index in [1.54, 1.807) is 36.4 Å². The Morgan fingerprint density at radius 2 is 1.50 bits per heavy atom. The van der Waals surface area contributed by atoms with Crippen LogP contribution >= 0.6 is 0 Å². The third kappa shape index (κ3) is 3.63. The summed E-state index contributed by atoms with van der Waals surface area (Å²) in [7, 11) is 0. The van der Waals surface area contributed by atoms with Gasteiger partial charge in [-0.05, 0) is 42.5 Å². The second-order valence-corrected chi connectivity index (χ2v) is 5.11. The molecule has 5 heteroatoms. The van der Waals surface area contributed by atoms with Gasteiger partial charge in [0.1, 0.15) is 23.9 Å². The zero-order valence-corrected chi connectivity index (χ0v) is 12.7. The SMILES string of the molecule is Nc1ccccc1Oc1ccc(OCc2cccc(F)c2F)cc1. The first-order chi connectivity index (χ1) is 11.6. The lowest BCUT2D eigenvalue weighted by atomic mass is 10.2. The molecule has 0 aliphatic heterocycles. The van der Waals surface area contributed by atoms with Gasteiger partial charge in [-0.15, -0.1) is 0 Å². The van der Waals surface area contributed by atoms with Gasteiger partial charge in [-0.3, -0.25) is 0 Å². The van der Waals surface area contributed by atoms with Crippen molar-refractivity contribution < 1.29 is 18.3 Å². The summed E-state index contributed by atoms with van der Waals surface area (Å²) < 4.78 is 37.8. The Labute approximate surface area is 138 Å². The van der Waals surface area contributed by atoms with Gasteiger partial charge in [0.2, 0.25) is 0 Å². The minimum absolute atomic E-state index is 0.0601. The molecule has 0 amide bonds. The minimum Gasteiger partial charge on any atom is -0.489 e. The van der Waals surface area contributed by atoms with Crippen molar-refractivity contribution in [2.75, 3.05) is 5.73 Å². The van der Waals surface area contributed by atoms with Crippen molar-refractivity contribution in [3.8, 4) is 17.2 Å². The van der Waals surface area contributed by atoms with Crippen molar-refractivity contribution in [3.05, 3.63) is 83.9 Å². The predicted molar refractivity (Wildman–Crippen MR) is 88.1 cm³/mol. The van der Waals surface area contributed by atoms with Crippen LogP contribution < -0.4 is 15.2 Å². The molecule has 3 rings (SSSR count). The average Bonchev–Trinajstić information content (AvgIpc) is 2.59. The molecule has 3 aromatic carbocycles. The fourth-order valence-corrected chi connectivity index (χ4v) is 2.13. The number of hydrogen-bond acceptors (Lipinski definition) is 3. The Bertz CT molecular complexity index is 835. The molecule has 2 N–H and O–H groups in total. The number of rotatable bonds is 5. The summed E-state index contributed by atoms with van der Waals surface area (Å²) in [5, 5.41) is 0. The summed E-state index contributed by atoms with van der Waals surface area (Å²) in [6, 6.07) is 18.0. The van der Waals surface area contributed by atoms with Crippen LogP contribution in [0.4, 0.5) is 14.5 Å². The van der Waals surface area contributed by atoms with Crippen LogP contribution in [0.25, 0.3) is 0 Å². The Hall–Kier alpha value is -3.08. The van der Waals surface area contributed by atoms with E-state index in [1.165, 1.54) is 12.1 Å². The third-order valence-corrected chi connectivity index (χ3v) is 3.40. The number of halogens is 2. The molecule has 0 spiro atoms. The van der Waals surface area contributed by atoms with Gasteiger partial charge in [0, 0.05) is 5.56 Å². The Balaban J connectivity index is 1.64. The Morgan fingerprint density at radius 1 is 0.792 bits per heavy atom. The lowest BCUT2D eigenvalue weighted by Crippen LogP contribution is -2.00. The summed E-state index contributed by atoms with van der Waals surface area (Å²) in [4.78, 5) is 0. The van der Waals surface area contributed by atoms with E-state index < -0.39 is 11.6 Å². The van der Waals surface area contributed by atoms with Gasteiger partial charge < -0.3 is 15.2 Å². The number of hydrogen-bond donors (Lipinski definition) is 1. The molecule has 3 aromatic rings. The van der Waals surface area contributed by atoms with E-state index in [9.17, 15) is 8.78 Å². The summed E-state index contributed by atoms with van der Waals surface area (Å²) in [6.45, 7) is -0.0601. The molecule has 0 aromatic heterocycles. The number of nitrogen functional groups attached to an aromatic ring is 1. The second-order valence-electron chi connectivity index (χ2n) is 5.11. The van der Waals surface area contributed by atoms with Crippen LogP contribution in [0.3, 0.4) is 0 Å². The van der Waals surface area contributed by atoms with Crippen molar-refractivity contribution >= 4 is 5.69 Å². The molecular formula is C19H15F2NO2.